The van der Waals surface area contributed by atoms with Gasteiger partial charge in [0, 0.05) is 62.3 Å². The summed E-state index contributed by atoms with van der Waals surface area (Å²) >= 11 is 1.43. The third kappa shape index (κ3) is 8.58. The van der Waals surface area contributed by atoms with Crippen molar-refractivity contribution < 1.29 is 27.8 Å². The fraction of sp³-hybridized carbons (Fsp3) is 0.189. The first kappa shape index (κ1) is 37.1. The van der Waals surface area contributed by atoms with Crippen molar-refractivity contribution in [2.24, 2.45) is 0 Å². The molecule has 2 aromatic carbocycles. The fourth-order valence-electron chi connectivity index (χ4n) is 5.21. The van der Waals surface area contributed by atoms with Crippen LogP contribution in [-0.2, 0) is 11.3 Å². The van der Waals surface area contributed by atoms with Crippen molar-refractivity contribution >= 4 is 45.6 Å². The molecule has 0 saturated carbocycles. The molecule has 0 bridgehead atoms. The van der Waals surface area contributed by atoms with Gasteiger partial charge in [0.15, 0.2) is 11.6 Å². The van der Waals surface area contributed by atoms with E-state index in [1.807, 2.05) is 31.4 Å². The molecule has 0 fully saturated rings. The Kier molecular flexibility index (Phi) is 12.1. The number of hydrogen-bond acceptors (Lipinski definition) is 9. The summed E-state index contributed by atoms with van der Waals surface area (Å²) in [5.41, 5.74) is 2.01. The lowest BCUT2D eigenvalue weighted by atomic mass is 10.2. The van der Waals surface area contributed by atoms with Gasteiger partial charge in [-0.3, -0.25) is 29.0 Å². The van der Waals surface area contributed by atoms with Crippen LogP contribution in [0.4, 0.5) is 14.5 Å². The number of amides is 1. The number of anilines is 1. The number of halogens is 3. The Morgan fingerprint density at radius 3 is 2.49 bits per heavy atom. The van der Waals surface area contributed by atoms with E-state index >= 15 is 4.39 Å². The SMILES string of the molecule is CCOc1ccn(-c2ccc(F)cc2)c(=O)c1C(=O)Nc1ccc(Oc2ccnc3cc(-c4ccc(CN(C)CCOC)cn4)sc23)c(F)c1.Cl. The van der Waals surface area contributed by atoms with E-state index in [0.29, 0.717) is 23.6 Å². The molecule has 1 amide bonds. The summed E-state index contributed by atoms with van der Waals surface area (Å²) in [7, 11) is 3.71. The van der Waals surface area contributed by atoms with E-state index in [1.165, 1.54) is 64.6 Å². The molecular weight excluding hydrogens is 700 g/mol. The van der Waals surface area contributed by atoms with Crippen molar-refractivity contribution in [3.63, 3.8) is 0 Å². The van der Waals surface area contributed by atoms with E-state index in [0.717, 1.165) is 40.0 Å². The minimum Gasteiger partial charge on any atom is -0.493 e. The van der Waals surface area contributed by atoms with E-state index in [-0.39, 0.29) is 41.8 Å². The molecule has 0 unspecified atom stereocenters. The number of carbonyl (C=O) groups is 1. The number of benzene rings is 2. The maximum atomic E-state index is 15.4. The highest BCUT2D eigenvalue weighted by Gasteiger charge is 2.21. The number of fused-ring (bicyclic) bond motifs is 1. The monoisotopic (exact) mass is 733 g/mol. The number of carbonyl (C=O) groups excluding carboxylic acids is 1. The van der Waals surface area contributed by atoms with Crippen molar-refractivity contribution in [3.05, 3.63) is 125 Å². The highest BCUT2D eigenvalue weighted by molar-refractivity contribution is 7.22. The van der Waals surface area contributed by atoms with Crippen LogP contribution < -0.4 is 20.3 Å². The predicted octanol–water partition coefficient (Wildman–Crippen LogP) is 7.73. The predicted molar refractivity (Wildman–Crippen MR) is 196 cm³/mol. The average molecular weight is 734 g/mol. The molecule has 6 aromatic rings. The van der Waals surface area contributed by atoms with Crippen LogP contribution in [0, 0.1) is 11.6 Å². The molecule has 264 valence electrons. The highest BCUT2D eigenvalue weighted by atomic mass is 35.5. The van der Waals surface area contributed by atoms with Gasteiger partial charge < -0.3 is 19.5 Å². The van der Waals surface area contributed by atoms with Gasteiger partial charge in [0.05, 0.1) is 34.0 Å². The van der Waals surface area contributed by atoms with Gasteiger partial charge in [0.25, 0.3) is 11.5 Å². The third-order valence-electron chi connectivity index (χ3n) is 7.68. The van der Waals surface area contributed by atoms with Crippen molar-refractivity contribution in [2.75, 3.05) is 39.2 Å². The van der Waals surface area contributed by atoms with E-state index in [2.05, 4.69) is 20.2 Å². The van der Waals surface area contributed by atoms with Crippen LogP contribution in [-0.4, -0.2) is 59.3 Å². The Morgan fingerprint density at radius 1 is 0.980 bits per heavy atom. The van der Waals surface area contributed by atoms with Crippen molar-refractivity contribution in [1.29, 1.82) is 0 Å². The average Bonchev–Trinajstić information content (AvgIpc) is 3.55. The molecule has 4 heterocycles. The molecule has 6 rings (SSSR count). The van der Waals surface area contributed by atoms with Gasteiger partial charge in [0.2, 0.25) is 0 Å². The molecule has 10 nitrogen and oxygen atoms in total. The van der Waals surface area contributed by atoms with Crippen LogP contribution in [0.25, 0.3) is 26.5 Å². The molecule has 4 aromatic heterocycles. The Hall–Kier alpha value is -5.21. The molecule has 1 N–H and O–H groups in total. The van der Waals surface area contributed by atoms with Crippen LogP contribution in [0.15, 0.2) is 96.2 Å². The van der Waals surface area contributed by atoms with Gasteiger partial charge in [0.1, 0.15) is 22.9 Å². The minimum absolute atomic E-state index is 0. The van der Waals surface area contributed by atoms with Crippen molar-refractivity contribution in [2.45, 2.75) is 13.5 Å². The Labute approximate surface area is 302 Å². The number of thiophene rings is 1. The van der Waals surface area contributed by atoms with E-state index < -0.39 is 23.1 Å². The number of nitrogens with one attached hydrogen (secondary N) is 1. The zero-order valence-corrected chi connectivity index (χ0v) is 29.5. The minimum atomic E-state index is -0.801. The lowest BCUT2D eigenvalue weighted by molar-refractivity contribution is 0.102. The summed E-state index contributed by atoms with van der Waals surface area (Å²) in [6.45, 7) is 4.13. The highest BCUT2D eigenvalue weighted by Crippen LogP contribution is 2.39. The van der Waals surface area contributed by atoms with Gasteiger partial charge in [-0.25, -0.2) is 8.78 Å². The van der Waals surface area contributed by atoms with Crippen LogP contribution in [0.1, 0.15) is 22.8 Å². The first-order valence-corrected chi connectivity index (χ1v) is 16.5. The largest absolute Gasteiger partial charge is 0.493 e. The molecule has 0 aliphatic carbocycles. The second kappa shape index (κ2) is 16.7. The number of rotatable bonds is 13. The molecule has 14 heteroatoms. The molecule has 0 atom stereocenters. The zero-order chi connectivity index (χ0) is 35.2. The zero-order valence-electron chi connectivity index (χ0n) is 27.9. The lowest BCUT2D eigenvalue weighted by Gasteiger charge is -2.15. The normalized spacial score (nSPS) is 11.0. The molecule has 0 aliphatic heterocycles. The number of methoxy groups -OCH3 is 1. The van der Waals surface area contributed by atoms with Crippen molar-refractivity contribution in [3.8, 4) is 33.5 Å². The standard InChI is InChI=1S/C37H33F2N5O5S.ClH/c1-4-48-31-14-16-44(26-9-6-24(38)7-10-26)37(46)34(31)36(45)42-25-8-12-30(27(39)19-25)49-32-13-15-40-29-20-33(50-35(29)32)28-11-5-23(21-41-28)22-43(2)17-18-47-3;/h5-16,19-21H,4,17-18,22H2,1-3H3,(H,42,45);1H. The third-order valence-corrected chi connectivity index (χ3v) is 8.84. The number of pyridine rings is 3. The van der Waals surface area contributed by atoms with E-state index in [1.54, 1.807) is 26.3 Å². The smallest absolute Gasteiger partial charge is 0.271 e. The summed E-state index contributed by atoms with van der Waals surface area (Å²) in [6.07, 6.45) is 4.87. The van der Waals surface area contributed by atoms with Gasteiger partial charge in [-0.2, -0.15) is 0 Å². The topological polar surface area (TPSA) is 108 Å². The molecule has 51 heavy (non-hydrogen) atoms. The molecule has 0 aliphatic rings. The fourth-order valence-corrected chi connectivity index (χ4v) is 6.25. The van der Waals surface area contributed by atoms with E-state index in [4.69, 9.17) is 14.2 Å². The number of aromatic nitrogens is 3. The maximum Gasteiger partial charge on any atom is 0.271 e. The molecule has 0 spiro atoms. The lowest BCUT2D eigenvalue weighted by Crippen LogP contribution is -2.29. The molecule has 0 saturated heterocycles. The maximum absolute atomic E-state index is 15.4. The van der Waals surface area contributed by atoms with Crippen LogP contribution in [0.3, 0.4) is 0 Å². The quantitative estimate of drug-likeness (QED) is 0.129. The Bertz CT molecular complexity index is 2200. The number of hydrogen-bond donors (Lipinski definition) is 1. The first-order chi connectivity index (χ1) is 24.2. The first-order valence-electron chi connectivity index (χ1n) is 15.7. The molecular formula is C37H34ClF2N5O5S. The van der Waals surface area contributed by atoms with Gasteiger partial charge >= 0.3 is 0 Å². The second-order valence-electron chi connectivity index (χ2n) is 11.3. The van der Waals surface area contributed by atoms with E-state index in [9.17, 15) is 14.0 Å². The van der Waals surface area contributed by atoms with Crippen LogP contribution >= 0.6 is 23.7 Å². The van der Waals surface area contributed by atoms with Crippen LogP contribution in [0.2, 0.25) is 0 Å². The summed E-state index contributed by atoms with van der Waals surface area (Å²) < 4.78 is 47.5. The summed E-state index contributed by atoms with van der Waals surface area (Å²) in [5.74, 6) is -1.61. The number of likely N-dealkylation sites (N-methyl/N-ethyl adjacent to an activating group) is 1. The van der Waals surface area contributed by atoms with Crippen molar-refractivity contribution in [1.82, 2.24) is 19.4 Å². The number of nitrogens with zero attached hydrogens (tertiary/aromatic N) is 4. The number of ether oxygens (including phenoxy) is 3. The Balaban J connectivity index is 0.00000504. The molecule has 0 radical (unpaired) electrons. The van der Waals surface area contributed by atoms with Crippen LogP contribution in [0.5, 0.6) is 17.2 Å². The van der Waals surface area contributed by atoms with Gasteiger partial charge in [-0.05, 0) is 74.1 Å². The van der Waals surface area contributed by atoms with Gasteiger partial charge in [-0.15, -0.1) is 23.7 Å². The second-order valence-corrected chi connectivity index (χ2v) is 12.3. The summed E-state index contributed by atoms with van der Waals surface area (Å²) in [5, 5.41) is 2.58. The Morgan fingerprint density at radius 2 is 1.78 bits per heavy atom. The summed E-state index contributed by atoms with van der Waals surface area (Å²) in [4.78, 5) is 38.9. The summed E-state index contributed by atoms with van der Waals surface area (Å²) in [6, 6.07) is 18.2. The van der Waals surface area contributed by atoms with Gasteiger partial charge in [-0.1, -0.05) is 6.07 Å².